The van der Waals surface area contributed by atoms with Crippen LogP contribution < -0.4 is 5.32 Å². The Hall–Kier alpha value is -2.55. The lowest BCUT2D eigenvalue weighted by molar-refractivity contribution is 0.102. The van der Waals surface area contributed by atoms with Gasteiger partial charge in [-0.2, -0.15) is 5.10 Å². The van der Waals surface area contributed by atoms with E-state index in [4.69, 9.17) is 4.98 Å². The number of para-hydroxylation sites is 1. The number of aromatic nitrogens is 3. The minimum absolute atomic E-state index is 0.163. The maximum absolute atomic E-state index is 13.1. The second-order valence-corrected chi connectivity index (χ2v) is 10.1. The zero-order chi connectivity index (χ0) is 21.5. The van der Waals surface area contributed by atoms with Crippen molar-refractivity contribution in [3.05, 3.63) is 52.2 Å². The Labute approximate surface area is 189 Å². The molecule has 8 heteroatoms. The summed E-state index contributed by atoms with van der Waals surface area (Å²) in [5.74, 6) is -0.163. The molecule has 1 N–H and O–H groups in total. The van der Waals surface area contributed by atoms with Crippen LogP contribution in [-0.2, 0) is 20.0 Å². The van der Waals surface area contributed by atoms with Crippen molar-refractivity contribution in [2.45, 2.75) is 33.2 Å². The van der Waals surface area contributed by atoms with Crippen LogP contribution in [0.1, 0.15) is 39.8 Å². The SMILES string of the molecule is CCCN1CCc2c(sc(NC(=O)c3nn(C)cc3C)c2-c2nc3ccccc3s2)C1. The Balaban J connectivity index is 1.58. The maximum Gasteiger partial charge on any atom is 0.277 e. The third-order valence-corrected chi connectivity index (χ3v) is 7.82. The lowest BCUT2D eigenvalue weighted by Crippen LogP contribution is -2.30. The molecule has 1 aromatic carbocycles. The number of hydrogen-bond acceptors (Lipinski definition) is 6. The number of thiophene rings is 1. The molecule has 0 radical (unpaired) electrons. The Morgan fingerprint density at radius 2 is 2.10 bits per heavy atom. The predicted molar refractivity (Wildman–Crippen MR) is 128 cm³/mol. The van der Waals surface area contributed by atoms with Gasteiger partial charge in [0.15, 0.2) is 5.69 Å². The van der Waals surface area contributed by atoms with Crippen molar-refractivity contribution < 1.29 is 4.79 Å². The summed E-state index contributed by atoms with van der Waals surface area (Å²) < 4.78 is 2.85. The van der Waals surface area contributed by atoms with Crippen LogP contribution in [0.25, 0.3) is 20.8 Å². The van der Waals surface area contributed by atoms with E-state index < -0.39 is 0 Å². The number of fused-ring (bicyclic) bond motifs is 2. The highest BCUT2D eigenvalue weighted by atomic mass is 32.1. The molecule has 1 amide bonds. The van der Waals surface area contributed by atoms with Gasteiger partial charge >= 0.3 is 0 Å². The number of aryl methyl sites for hydroxylation is 2. The average molecular weight is 452 g/mol. The molecule has 0 aliphatic carbocycles. The summed E-state index contributed by atoms with van der Waals surface area (Å²) in [5.41, 5.74) is 4.78. The van der Waals surface area contributed by atoms with Crippen LogP contribution >= 0.6 is 22.7 Å². The summed E-state index contributed by atoms with van der Waals surface area (Å²) in [6, 6.07) is 8.22. The minimum Gasteiger partial charge on any atom is -0.312 e. The molecule has 5 rings (SSSR count). The van der Waals surface area contributed by atoms with Crippen LogP contribution in [0.5, 0.6) is 0 Å². The summed E-state index contributed by atoms with van der Waals surface area (Å²) >= 11 is 3.38. The predicted octanol–water partition coefficient (Wildman–Crippen LogP) is 5.09. The minimum atomic E-state index is -0.163. The highest BCUT2D eigenvalue weighted by Crippen LogP contribution is 2.45. The molecule has 1 aliphatic heterocycles. The highest BCUT2D eigenvalue weighted by molar-refractivity contribution is 7.23. The van der Waals surface area contributed by atoms with Gasteiger partial charge in [0.2, 0.25) is 0 Å². The van der Waals surface area contributed by atoms with Crippen LogP contribution in [0.2, 0.25) is 0 Å². The average Bonchev–Trinajstić information content (AvgIpc) is 3.41. The second-order valence-electron chi connectivity index (χ2n) is 8.01. The number of hydrogen-bond donors (Lipinski definition) is 1. The quantitative estimate of drug-likeness (QED) is 0.459. The fourth-order valence-corrected chi connectivity index (χ4v) is 6.65. The molecular weight excluding hydrogens is 426 g/mol. The van der Waals surface area contributed by atoms with E-state index in [1.807, 2.05) is 38.4 Å². The summed E-state index contributed by atoms with van der Waals surface area (Å²) in [6.45, 7) is 7.21. The number of thiazole rings is 1. The molecule has 0 spiro atoms. The maximum atomic E-state index is 13.1. The fourth-order valence-electron chi connectivity index (χ4n) is 4.25. The number of nitrogens with one attached hydrogen (secondary N) is 1. The topological polar surface area (TPSA) is 63.1 Å². The zero-order valence-electron chi connectivity index (χ0n) is 17.9. The van der Waals surface area contributed by atoms with E-state index in [1.165, 1.54) is 15.1 Å². The van der Waals surface area contributed by atoms with Gasteiger partial charge in [-0.3, -0.25) is 14.4 Å². The van der Waals surface area contributed by atoms with Gasteiger partial charge in [0.1, 0.15) is 10.0 Å². The Kier molecular flexibility index (Phi) is 5.37. The van der Waals surface area contributed by atoms with E-state index >= 15 is 0 Å². The number of benzene rings is 1. The van der Waals surface area contributed by atoms with Crippen molar-refractivity contribution in [2.24, 2.45) is 7.05 Å². The molecule has 1 aliphatic rings. The van der Waals surface area contributed by atoms with Gasteiger partial charge in [0.05, 0.1) is 10.2 Å². The van der Waals surface area contributed by atoms with E-state index in [2.05, 4.69) is 28.3 Å². The summed E-state index contributed by atoms with van der Waals surface area (Å²) in [5, 5.41) is 9.40. The smallest absolute Gasteiger partial charge is 0.277 e. The molecule has 0 atom stereocenters. The van der Waals surface area contributed by atoms with Gasteiger partial charge in [0.25, 0.3) is 5.91 Å². The van der Waals surface area contributed by atoms with Crippen molar-refractivity contribution in [2.75, 3.05) is 18.4 Å². The number of amides is 1. The van der Waals surface area contributed by atoms with Gasteiger partial charge in [-0.1, -0.05) is 19.1 Å². The number of rotatable bonds is 5. The number of anilines is 1. The number of nitrogens with zero attached hydrogens (tertiary/aromatic N) is 4. The van der Waals surface area contributed by atoms with Gasteiger partial charge in [-0.05, 0) is 44.0 Å². The Morgan fingerprint density at radius 1 is 1.26 bits per heavy atom. The van der Waals surface area contributed by atoms with Crippen LogP contribution in [0, 0.1) is 6.92 Å². The zero-order valence-corrected chi connectivity index (χ0v) is 19.6. The molecule has 160 valence electrons. The first-order valence-corrected chi connectivity index (χ1v) is 12.2. The first-order valence-electron chi connectivity index (χ1n) is 10.6. The molecule has 0 unspecified atom stereocenters. The molecule has 0 saturated carbocycles. The molecular formula is C23H25N5OS2. The van der Waals surface area contributed by atoms with Crippen LogP contribution in [0.15, 0.2) is 30.5 Å². The summed E-state index contributed by atoms with van der Waals surface area (Å²) in [6.07, 6.45) is 4.00. The van der Waals surface area contributed by atoms with Crippen molar-refractivity contribution >= 4 is 43.8 Å². The molecule has 3 aromatic heterocycles. The first-order chi connectivity index (χ1) is 15.0. The van der Waals surface area contributed by atoms with Crippen LogP contribution in [-0.4, -0.2) is 38.7 Å². The Morgan fingerprint density at radius 3 is 2.84 bits per heavy atom. The molecule has 4 heterocycles. The monoisotopic (exact) mass is 451 g/mol. The molecule has 0 fully saturated rings. The van der Waals surface area contributed by atoms with Crippen LogP contribution in [0.3, 0.4) is 0 Å². The van der Waals surface area contributed by atoms with Crippen molar-refractivity contribution in [3.8, 4) is 10.6 Å². The van der Waals surface area contributed by atoms with E-state index in [0.29, 0.717) is 5.69 Å². The van der Waals surface area contributed by atoms with E-state index in [-0.39, 0.29) is 5.91 Å². The van der Waals surface area contributed by atoms with Crippen LogP contribution in [0.4, 0.5) is 5.00 Å². The largest absolute Gasteiger partial charge is 0.312 e. The summed E-state index contributed by atoms with van der Waals surface area (Å²) in [4.78, 5) is 21.8. The van der Waals surface area contributed by atoms with Gasteiger partial charge in [-0.25, -0.2) is 4.98 Å². The van der Waals surface area contributed by atoms with E-state index in [9.17, 15) is 4.79 Å². The van der Waals surface area contributed by atoms with E-state index in [0.717, 1.165) is 59.1 Å². The molecule has 6 nitrogen and oxygen atoms in total. The third kappa shape index (κ3) is 3.79. The van der Waals surface area contributed by atoms with Crippen molar-refractivity contribution in [1.29, 1.82) is 0 Å². The normalized spacial score (nSPS) is 14.2. The highest BCUT2D eigenvalue weighted by Gasteiger charge is 2.28. The van der Waals surface area contributed by atoms with Gasteiger partial charge in [0, 0.05) is 42.3 Å². The molecule has 4 aromatic rings. The number of carbonyl (C=O) groups is 1. The Bertz CT molecular complexity index is 1240. The lowest BCUT2D eigenvalue weighted by Gasteiger charge is -2.26. The van der Waals surface area contributed by atoms with Crippen molar-refractivity contribution in [1.82, 2.24) is 19.7 Å². The fraction of sp³-hybridized carbons (Fsp3) is 0.348. The lowest BCUT2D eigenvalue weighted by atomic mass is 10.0. The van der Waals surface area contributed by atoms with Gasteiger partial charge < -0.3 is 5.32 Å². The van der Waals surface area contributed by atoms with Gasteiger partial charge in [-0.15, -0.1) is 22.7 Å². The number of carbonyl (C=O) groups excluding carboxylic acids is 1. The summed E-state index contributed by atoms with van der Waals surface area (Å²) in [7, 11) is 1.84. The molecule has 0 saturated heterocycles. The molecule has 0 bridgehead atoms. The standard InChI is InChI=1S/C23H25N5OS2/c1-4-10-28-11-9-15-18(13-28)31-23(25-21(29)20-14(2)12-27(3)26-20)19(15)22-24-16-7-5-6-8-17(16)30-22/h5-8,12H,4,9-11,13H2,1-3H3,(H,25,29). The van der Waals surface area contributed by atoms with E-state index in [1.54, 1.807) is 27.4 Å². The second kappa shape index (κ2) is 8.18. The third-order valence-electron chi connectivity index (χ3n) is 5.64. The molecule has 31 heavy (non-hydrogen) atoms. The first kappa shape index (κ1) is 20.4. The van der Waals surface area contributed by atoms with Crippen molar-refractivity contribution in [3.63, 3.8) is 0 Å².